The quantitative estimate of drug-likeness (QED) is 0.771. The van der Waals surface area contributed by atoms with Gasteiger partial charge < -0.3 is 9.47 Å². The van der Waals surface area contributed by atoms with Crippen LogP contribution in [0.4, 0.5) is 4.39 Å². The molecule has 7 heteroatoms. The van der Waals surface area contributed by atoms with Crippen LogP contribution in [-0.4, -0.2) is 33.5 Å². The molecule has 0 bridgehead atoms. The lowest BCUT2D eigenvalue weighted by molar-refractivity contribution is 0.351. The minimum Gasteiger partial charge on any atom is -0.493 e. The molecule has 1 aliphatic rings. The topological polar surface area (TPSA) is 55.8 Å². The number of hydrogen-bond acceptors (Lipinski definition) is 4. The van der Waals surface area contributed by atoms with Crippen LogP contribution in [0.1, 0.15) is 30.0 Å². The highest BCUT2D eigenvalue weighted by Crippen LogP contribution is 2.38. The van der Waals surface area contributed by atoms with E-state index in [-0.39, 0.29) is 17.6 Å². The Balaban J connectivity index is 1.86. The van der Waals surface area contributed by atoms with E-state index >= 15 is 0 Å². The highest BCUT2D eigenvalue weighted by Gasteiger charge is 2.35. The molecule has 26 heavy (non-hydrogen) atoms. The molecule has 2 aromatic carbocycles. The van der Waals surface area contributed by atoms with Gasteiger partial charge in [0.2, 0.25) is 10.0 Å². The van der Waals surface area contributed by atoms with Gasteiger partial charge in [0.25, 0.3) is 0 Å². The van der Waals surface area contributed by atoms with Crippen molar-refractivity contribution in [2.45, 2.75) is 24.6 Å². The normalized spacial score (nSPS) is 18.0. The number of benzene rings is 2. The second-order valence-electron chi connectivity index (χ2n) is 6.27. The van der Waals surface area contributed by atoms with E-state index in [4.69, 9.17) is 9.47 Å². The summed E-state index contributed by atoms with van der Waals surface area (Å²) in [6.45, 7) is 0.475. The molecule has 1 heterocycles. The summed E-state index contributed by atoms with van der Waals surface area (Å²) >= 11 is 0. The van der Waals surface area contributed by atoms with E-state index in [9.17, 15) is 12.8 Å². The number of halogens is 1. The van der Waals surface area contributed by atoms with Crippen LogP contribution in [0.2, 0.25) is 0 Å². The maximum absolute atomic E-state index is 13.1. The van der Waals surface area contributed by atoms with E-state index in [1.165, 1.54) is 28.6 Å². The Morgan fingerprint density at radius 1 is 1.08 bits per heavy atom. The van der Waals surface area contributed by atoms with Crippen molar-refractivity contribution < 1.29 is 22.3 Å². The number of hydrogen-bond donors (Lipinski definition) is 0. The Hall–Kier alpha value is -2.12. The van der Waals surface area contributed by atoms with E-state index in [0.29, 0.717) is 23.6 Å². The molecular formula is C19H22FNO4S. The smallest absolute Gasteiger partial charge is 0.218 e. The fourth-order valence-corrected chi connectivity index (χ4v) is 5.14. The molecule has 1 saturated heterocycles. The van der Waals surface area contributed by atoms with Gasteiger partial charge >= 0.3 is 0 Å². The van der Waals surface area contributed by atoms with E-state index in [2.05, 4.69) is 0 Å². The summed E-state index contributed by atoms with van der Waals surface area (Å²) in [5, 5.41) is 0. The van der Waals surface area contributed by atoms with Crippen LogP contribution in [-0.2, 0) is 15.8 Å². The molecule has 0 spiro atoms. The van der Waals surface area contributed by atoms with Crippen LogP contribution in [0.25, 0.3) is 0 Å². The molecule has 1 atom stereocenters. The van der Waals surface area contributed by atoms with Gasteiger partial charge in [0.05, 0.1) is 20.0 Å². The van der Waals surface area contributed by atoms with Crippen molar-refractivity contribution in [1.29, 1.82) is 0 Å². The maximum atomic E-state index is 13.1. The summed E-state index contributed by atoms with van der Waals surface area (Å²) in [4.78, 5) is 0. The van der Waals surface area contributed by atoms with Crippen LogP contribution in [0.3, 0.4) is 0 Å². The average molecular weight is 379 g/mol. The van der Waals surface area contributed by atoms with Crippen molar-refractivity contribution in [2.24, 2.45) is 0 Å². The van der Waals surface area contributed by atoms with Crippen molar-refractivity contribution in [1.82, 2.24) is 4.31 Å². The van der Waals surface area contributed by atoms with Crippen molar-refractivity contribution >= 4 is 10.0 Å². The predicted octanol–water partition coefficient (Wildman–Crippen LogP) is 3.51. The van der Waals surface area contributed by atoms with E-state index < -0.39 is 10.0 Å². The molecule has 1 fully saturated rings. The second-order valence-corrected chi connectivity index (χ2v) is 8.19. The summed E-state index contributed by atoms with van der Waals surface area (Å²) in [7, 11) is -0.403. The van der Waals surface area contributed by atoms with Gasteiger partial charge in [-0.3, -0.25) is 0 Å². The summed E-state index contributed by atoms with van der Waals surface area (Å²) in [5.41, 5.74) is 1.45. The number of methoxy groups -OCH3 is 2. The molecule has 5 nitrogen and oxygen atoms in total. The van der Waals surface area contributed by atoms with Crippen LogP contribution >= 0.6 is 0 Å². The first kappa shape index (κ1) is 18.7. The standard InChI is InChI=1S/C19H22FNO4S/c1-24-18-10-7-15(12-19(18)25-2)17-4-3-11-21(17)26(22,23)13-14-5-8-16(20)9-6-14/h5-10,12,17H,3-4,11,13H2,1-2H3. The van der Waals surface area contributed by atoms with Crippen LogP contribution < -0.4 is 9.47 Å². The molecular weight excluding hydrogens is 357 g/mol. The summed E-state index contributed by atoms with van der Waals surface area (Å²) in [5.74, 6) is 0.662. The lowest BCUT2D eigenvalue weighted by Gasteiger charge is -2.25. The maximum Gasteiger partial charge on any atom is 0.218 e. The Labute approximate surface area is 153 Å². The zero-order valence-corrected chi connectivity index (χ0v) is 15.6. The Kier molecular flexibility index (Phi) is 5.48. The molecule has 0 N–H and O–H groups in total. The minimum absolute atomic E-state index is 0.142. The number of rotatable bonds is 6. The third-order valence-electron chi connectivity index (χ3n) is 4.62. The van der Waals surface area contributed by atoms with Gasteiger partial charge in [-0.1, -0.05) is 18.2 Å². The van der Waals surface area contributed by atoms with Crippen LogP contribution in [0, 0.1) is 5.82 Å². The van der Waals surface area contributed by atoms with Crippen LogP contribution in [0.5, 0.6) is 11.5 Å². The molecule has 2 aromatic rings. The SMILES string of the molecule is COc1ccc(C2CCCN2S(=O)(=O)Cc2ccc(F)cc2)cc1OC. The molecule has 3 rings (SSSR count). The number of ether oxygens (including phenoxy) is 2. The Morgan fingerprint density at radius 3 is 2.42 bits per heavy atom. The van der Waals surface area contributed by atoms with E-state index in [1.807, 2.05) is 12.1 Å². The molecule has 0 saturated carbocycles. The molecule has 0 aliphatic carbocycles. The molecule has 140 valence electrons. The number of nitrogens with zero attached hydrogens (tertiary/aromatic N) is 1. The lowest BCUT2D eigenvalue weighted by atomic mass is 10.0. The van der Waals surface area contributed by atoms with Gasteiger partial charge in [0.15, 0.2) is 11.5 Å². The first-order valence-electron chi connectivity index (χ1n) is 8.40. The van der Waals surface area contributed by atoms with Crippen molar-refractivity contribution in [2.75, 3.05) is 20.8 Å². The zero-order chi connectivity index (χ0) is 18.7. The van der Waals surface area contributed by atoms with Gasteiger partial charge in [-0.25, -0.2) is 12.8 Å². The largest absolute Gasteiger partial charge is 0.493 e. The molecule has 1 unspecified atom stereocenters. The van der Waals surface area contributed by atoms with Crippen molar-refractivity contribution in [3.05, 3.63) is 59.4 Å². The summed E-state index contributed by atoms with van der Waals surface area (Å²) < 4.78 is 51.0. The Bertz CT molecular complexity index is 868. The fraction of sp³-hybridized carbons (Fsp3) is 0.368. The van der Waals surface area contributed by atoms with E-state index in [1.54, 1.807) is 20.3 Å². The fourth-order valence-electron chi connectivity index (χ4n) is 3.34. The average Bonchev–Trinajstić information content (AvgIpc) is 3.13. The van der Waals surface area contributed by atoms with Gasteiger partial charge in [0, 0.05) is 12.6 Å². The second kappa shape index (κ2) is 7.63. The van der Waals surface area contributed by atoms with Crippen LogP contribution in [0.15, 0.2) is 42.5 Å². The van der Waals surface area contributed by atoms with Crippen molar-refractivity contribution in [3.63, 3.8) is 0 Å². The van der Waals surface area contributed by atoms with Gasteiger partial charge in [-0.15, -0.1) is 0 Å². The monoisotopic (exact) mass is 379 g/mol. The molecule has 1 aliphatic heterocycles. The molecule has 0 amide bonds. The highest BCUT2D eigenvalue weighted by atomic mass is 32.2. The zero-order valence-electron chi connectivity index (χ0n) is 14.8. The highest BCUT2D eigenvalue weighted by molar-refractivity contribution is 7.88. The third kappa shape index (κ3) is 3.83. The first-order chi connectivity index (χ1) is 12.4. The van der Waals surface area contributed by atoms with Gasteiger partial charge in [0.1, 0.15) is 5.82 Å². The first-order valence-corrected chi connectivity index (χ1v) is 10.0. The predicted molar refractivity (Wildman–Crippen MR) is 97.3 cm³/mol. The van der Waals surface area contributed by atoms with Gasteiger partial charge in [-0.05, 0) is 48.2 Å². The number of sulfonamides is 1. The minimum atomic E-state index is -3.52. The summed E-state index contributed by atoms with van der Waals surface area (Å²) in [6.07, 6.45) is 1.54. The molecule has 0 aromatic heterocycles. The summed E-state index contributed by atoms with van der Waals surface area (Å²) in [6, 6.07) is 10.8. The third-order valence-corrected chi connectivity index (χ3v) is 6.47. The molecule has 0 radical (unpaired) electrons. The van der Waals surface area contributed by atoms with Gasteiger partial charge in [-0.2, -0.15) is 4.31 Å². The van der Waals surface area contributed by atoms with Crippen molar-refractivity contribution in [3.8, 4) is 11.5 Å². The Morgan fingerprint density at radius 2 is 1.77 bits per heavy atom. The van der Waals surface area contributed by atoms with E-state index in [0.717, 1.165) is 18.4 Å². The lowest BCUT2D eigenvalue weighted by Crippen LogP contribution is -2.31.